The van der Waals surface area contributed by atoms with Gasteiger partial charge in [0, 0.05) is 5.02 Å². The molecule has 2 amide bonds. The summed E-state index contributed by atoms with van der Waals surface area (Å²) in [7, 11) is 1.42. The Kier molecular flexibility index (Phi) is 8.20. The Balaban J connectivity index is 1.44. The largest absolute Gasteiger partial charge is 0.493 e. The van der Waals surface area contributed by atoms with Gasteiger partial charge in [0.2, 0.25) is 0 Å². The first-order chi connectivity index (χ1) is 17.4. The van der Waals surface area contributed by atoms with E-state index in [9.17, 15) is 14.4 Å². The fraction of sp³-hybridized carbons (Fsp3) is 0.115. The average molecular weight is 544 g/mol. The van der Waals surface area contributed by atoms with Gasteiger partial charge in [0.05, 0.1) is 29.1 Å². The predicted molar refractivity (Wildman–Crippen MR) is 139 cm³/mol. The molecule has 1 fully saturated rings. The molecule has 1 saturated heterocycles. The number of imide groups is 1. The zero-order chi connectivity index (χ0) is 25.7. The molecule has 0 atom stereocenters. The summed E-state index contributed by atoms with van der Waals surface area (Å²) in [6.07, 6.45) is 1.58. The van der Waals surface area contributed by atoms with Gasteiger partial charge < -0.3 is 14.2 Å². The number of methoxy groups -OCH3 is 1. The first-order valence-corrected chi connectivity index (χ1v) is 12.2. The van der Waals surface area contributed by atoms with Gasteiger partial charge in [0.15, 0.2) is 11.5 Å². The summed E-state index contributed by atoms with van der Waals surface area (Å²) in [5.41, 5.74) is 0.735. The third-order valence-corrected chi connectivity index (χ3v) is 6.49. The van der Waals surface area contributed by atoms with E-state index >= 15 is 0 Å². The number of halogens is 2. The number of carbonyl (C=O) groups is 3. The van der Waals surface area contributed by atoms with Gasteiger partial charge in [-0.15, -0.1) is 0 Å². The van der Waals surface area contributed by atoms with Crippen molar-refractivity contribution in [2.45, 2.75) is 0 Å². The van der Waals surface area contributed by atoms with Gasteiger partial charge in [-0.2, -0.15) is 0 Å². The second-order valence-electron chi connectivity index (χ2n) is 7.42. The minimum atomic E-state index is -0.679. The fourth-order valence-corrected chi connectivity index (χ4v) is 4.63. The Hall–Kier alpha value is -3.46. The van der Waals surface area contributed by atoms with Crippen molar-refractivity contribution in [3.63, 3.8) is 0 Å². The molecule has 1 aliphatic rings. The van der Waals surface area contributed by atoms with Crippen LogP contribution in [0.25, 0.3) is 6.08 Å². The molecule has 0 aliphatic carbocycles. The molecule has 10 heteroatoms. The quantitative estimate of drug-likeness (QED) is 0.186. The summed E-state index contributed by atoms with van der Waals surface area (Å²) in [5.74, 6) is -0.00388. The van der Waals surface area contributed by atoms with Gasteiger partial charge in [0.1, 0.15) is 12.4 Å². The van der Waals surface area contributed by atoms with Crippen molar-refractivity contribution in [2.75, 3.05) is 20.3 Å². The lowest BCUT2D eigenvalue weighted by molar-refractivity contribution is -0.123. The number of ether oxygens (including phenoxy) is 3. The predicted octanol–water partition coefficient (Wildman–Crippen LogP) is 6.34. The maximum atomic E-state index is 12.8. The molecule has 3 aromatic carbocycles. The van der Waals surface area contributed by atoms with Crippen molar-refractivity contribution in [1.82, 2.24) is 4.90 Å². The Bertz CT molecular complexity index is 1350. The number of hydrogen-bond acceptors (Lipinski definition) is 7. The van der Waals surface area contributed by atoms with Crippen LogP contribution in [-0.4, -0.2) is 42.3 Å². The molecule has 36 heavy (non-hydrogen) atoms. The highest BCUT2D eigenvalue weighted by Gasteiger charge is 2.34. The second kappa shape index (κ2) is 11.5. The first kappa shape index (κ1) is 25.6. The number of para-hydroxylation sites is 1. The van der Waals surface area contributed by atoms with Gasteiger partial charge >= 0.3 is 5.97 Å². The third kappa shape index (κ3) is 6.02. The van der Waals surface area contributed by atoms with E-state index in [0.29, 0.717) is 16.3 Å². The van der Waals surface area contributed by atoms with E-state index in [4.69, 9.17) is 37.4 Å². The standard InChI is InChI=1S/C26H19Cl2NO6S/c1-33-22-13-16(7-10-21(22)35-25(31)19-9-8-17(27)15-20(19)28)14-23-24(30)29(26(32)36-23)11-12-34-18-5-3-2-4-6-18/h2-10,13-15H,11-12H2,1H3/b23-14-. The minimum Gasteiger partial charge on any atom is -0.493 e. The molecule has 7 nitrogen and oxygen atoms in total. The van der Waals surface area contributed by atoms with E-state index in [-0.39, 0.29) is 45.4 Å². The highest BCUT2D eigenvalue weighted by Crippen LogP contribution is 2.35. The molecule has 0 aromatic heterocycles. The summed E-state index contributed by atoms with van der Waals surface area (Å²) in [6.45, 7) is 0.309. The van der Waals surface area contributed by atoms with E-state index in [2.05, 4.69) is 0 Å². The van der Waals surface area contributed by atoms with Crippen LogP contribution in [0.1, 0.15) is 15.9 Å². The maximum Gasteiger partial charge on any atom is 0.345 e. The number of amides is 2. The van der Waals surface area contributed by atoms with Crippen LogP contribution in [0.4, 0.5) is 4.79 Å². The zero-order valence-electron chi connectivity index (χ0n) is 18.9. The topological polar surface area (TPSA) is 82.1 Å². The molecule has 1 aliphatic heterocycles. The van der Waals surface area contributed by atoms with E-state index in [1.807, 2.05) is 18.2 Å². The lowest BCUT2D eigenvalue weighted by Crippen LogP contribution is -2.32. The monoisotopic (exact) mass is 543 g/mol. The lowest BCUT2D eigenvalue weighted by Gasteiger charge is -2.13. The van der Waals surface area contributed by atoms with E-state index in [1.54, 1.807) is 30.3 Å². The molecule has 0 N–H and O–H groups in total. The van der Waals surface area contributed by atoms with Crippen LogP contribution in [0.15, 0.2) is 71.6 Å². The van der Waals surface area contributed by atoms with Crippen molar-refractivity contribution >= 4 is 58.2 Å². The minimum absolute atomic E-state index is 0.127. The Morgan fingerprint density at radius 1 is 1.00 bits per heavy atom. The summed E-state index contributed by atoms with van der Waals surface area (Å²) >= 11 is 12.8. The van der Waals surface area contributed by atoms with Crippen LogP contribution in [-0.2, 0) is 4.79 Å². The molecule has 3 aromatic rings. The number of esters is 1. The molecule has 0 unspecified atom stereocenters. The Labute approximate surface area is 221 Å². The van der Waals surface area contributed by atoms with Gasteiger partial charge in [-0.1, -0.05) is 47.5 Å². The van der Waals surface area contributed by atoms with E-state index in [0.717, 1.165) is 16.7 Å². The summed E-state index contributed by atoms with van der Waals surface area (Å²) in [5, 5.41) is 0.180. The molecule has 4 rings (SSSR count). The highest BCUT2D eigenvalue weighted by atomic mass is 35.5. The van der Waals surface area contributed by atoms with Crippen molar-refractivity contribution in [3.8, 4) is 17.2 Å². The average Bonchev–Trinajstić information content (AvgIpc) is 3.12. The molecular formula is C26H19Cl2NO6S. The molecule has 0 bridgehead atoms. The normalized spacial score (nSPS) is 14.3. The zero-order valence-corrected chi connectivity index (χ0v) is 21.2. The molecule has 0 radical (unpaired) electrons. The van der Waals surface area contributed by atoms with Crippen molar-refractivity contribution < 1.29 is 28.6 Å². The third-order valence-electron chi connectivity index (χ3n) is 5.04. The van der Waals surface area contributed by atoms with Crippen molar-refractivity contribution in [3.05, 3.63) is 92.8 Å². The lowest BCUT2D eigenvalue weighted by atomic mass is 10.1. The number of hydrogen-bond donors (Lipinski definition) is 0. The van der Waals surface area contributed by atoms with Crippen LogP contribution in [0.3, 0.4) is 0 Å². The Morgan fingerprint density at radius 3 is 2.50 bits per heavy atom. The Morgan fingerprint density at radius 2 is 1.78 bits per heavy atom. The number of carbonyl (C=O) groups excluding carboxylic acids is 3. The van der Waals surface area contributed by atoms with Crippen molar-refractivity contribution in [1.29, 1.82) is 0 Å². The van der Waals surface area contributed by atoms with Gasteiger partial charge in [-0.05, 0) is 65.9 Å². The fourth-order valence-electron chi connectivity index (χ4n) is 3.28. The number of nitrogens with zero attached hydrogens (tertiary/aromatic N) is 1. The molecule has 1 heterocycles. The SMILES string of the molecule is COc1cc(/C=C2\SC(=O)N(CCOc3ccccc3)C2=O)ccc1OC(=O)c1ccc(Cl)cc1Cl. The van der Waals surface area contributed by atoms with Gasteiger partial charge in [0.25, 0.3) is 11.1 Å². The second-order valence-corrected chi connectivity index (χ2v) is 9.26. The summed E-state index contributed by atoms with van der Waals surface area (Å²) in [4.78, 5) is 39.1. The molecule has 0 saturated carbocycles. The maximum absolute atomic E-state index is 12.8. The highest BCUT2D eigenvalue weighted by molar-refractivity contribution is 8.18. The van der Waals surface area contributed by atoms with Gasteiger partial charge in [-0.25, -0.2) is 4.79 Å². The molecule has 184 valence electrons. The number of benzene rings is 3. The number of thioether (sulfide) groups is 1. The molecular weight excluding hydrogens is 525 g/mol. The van der Waals surface area contributed by atoms with E-state index < -0.39 is 11.9 Å². The smallest absolute Gasteiger partial charge is 0.345 e. The van der Waals surface area contributed by atoms with E-state index in [1.165, 1.54) is 31.4 Å². The number of rotatable bonds is 8. The van der Waals surface area contributed by atoms with Crippen molar-refractivity contribution in [2.24, 2.45) is 0 Å². The van der Waals surface area contributed by atoms with Crippen LogP contribution in [0.5, 0.6) is 17.2 Å². The summed E-state index contributed by atoms with van der Waals surface area (Å²) < 4.78 is 16.4. The van der Waals surface area contributed by atoms with Crippen LogP contribution >= 0.6 is 35.0 Å². The van der Waals surface area contributed by atoms with Crippen LogP contribution in [0.2, 0.25) is 10.0 Å². The van der Waals surface area contributed by atoms with Crippen LogP contribution in [0, 0.1) is 0 Å². The first-order valence-electron chi connectivity index (χ1n) is 10.6. The van der Waals surface area contributed by atoms with Gasteiger partial charge in [-0.3, -0.25) is 14.5 Å². The summed E-state index contributed by atoms with van der Waals surface area (Å²) in [6, 6.07) is 18.4. The van der Waals surface area contributed by atoms with Crippen LogP contribution < -0.4 is 14.2 Å². The molecule has 0 spiro atoms.